The molecular weight excluding hydrogens is 324 g/mol. The predicted molar refractivity (Wildman–Crippen MR) is 91.2 cm³/mol. The van der Waals surface area contributed by atoms with Crippen molar-refractivity contribution < 1.29 is 24.1 Å². The van der Waals surface area contributed by atoms with E-state index in [1.165, 1.54) is 11.9 Å². The van der Waals surface area contributed by atoms with Crippen LogP contribution in [0.4, 0.5) is 10.5 Å². The standard InChI is InChI=1S/C17H18N4O4/c1-20-15-14(16(22)21(2)17(20)23)12(7-8-18-15)19-11-6-5-10(24-3)9-13(11)25-4/h5-9,14H,1-4H3/p+1. The van der Waals surface area contributed by atoms with Crippen molar-refractivity contribution >= 4 is 29.2 Å². The van der Waals surface area contributed by atoms with Crippen LogP contribution in [0.1, 0.15) is 0 Å². The first kappa shape index (κ1) is 16.7. The summed E-state index contributed by atoms with van der Waals surface area (Å²) in [5, 5.41) is 0. The zero-order valence-electron chi connectivity index (χ0n) is 14.4. The molecule has 1 atom stereocenters. The number of ether oxygens (including phenoxy) is 2. The van der Waals surface area contributed by atoms with Crippen molar-refractivity contribution in [2.24, 2.45) is 10.9 Å². The van der Waals surface area contributed by atoms with Crippen LogP contribution in [0.15, 0.2) is 35.5 Å². The monoisotopic (exact) mass is 343 g/mol. The topological polar surface area (TPSA) is 85.4 Å². The molecule has 0 aliphatic carbocycles. The smallest absolute Gasteiger partial charge is 0.417 e. The van der Waals surface area contributed by atoms with Crippen molar-refractivity contribution in [3.63, 3.8) is 0 Å². The van der Waals surface area contributed by atoms with Gasteiger partial charge in [-0.05, 0) is 12.1 Å². The highest BCUT2D eigenvalue weighted by Crippen LogP contribution is 2.32. The van der Waals surface area contributed by atoms with Gasteiger partial charge in [0, 0.05) is 19.2 Å². The Balaban J connectivity index is 2.05. The fourth-order valence-corrected chi connectivity index (χ4v) is 2.80. The van der Waals surface area contributed by atoms with E-state index in [1.807, 2.05) is 0 Å². The Morgan fingerprint density at radius 2 is 1.88 bits per heavy atom. The molecule has 130 valence electrons. The predicted octanol–water partition coefficient (Wildman–Crippen LogP) is -0.0773. The van der Waals surface area contributed by atoms with Crippen LogP contribution in [0.2, 0.25) is 0 Å². The van der Waals surface area contributed by atoms with E-state index < -0.39 is 5.92 Å². The Morgan fingerprint density at radius 3 is 2.56 bits per heavy atom. The molecule has 1 aromatic carbocycles. The lowest BCUT2D eigenvalue weighted by molar-refractivity contribution is -0.382. The number of amides is 3. The number of rotatable bonds is 3. The fraction of sp³-hybridized carbons (Fsp3) is 0.294. The number of benzene rings is 1. The molecule has 0 bridgehead atoms. The second-order valence-corrected chi connectivity index (χ2v) is 5.61. The normalized spacial score (nSPS) is 21.4. The molecule has 8 heteroatoms. The molecule has 25 heavy (non-hydrogen) atoms. The summed E-state index contributed by atoms with van der Waals surface area (Å²) in [6, 6.07) is 4.85. The summed E-state index contributed by atoms with van der Waals surface area (Å²) < 4.78 is 10.5. The largest absolute Gasteiger partial charge is 0.497 e. The number of urea groups is 1. The number of carbonyl (C=O) groups excluding carboxylic acids is 2. The third kappa shape index (κ3) is 2.75. The highest BCUT2D eigenvalue weighted by molar-refractivity contribution is 6.30. The van der Waals surface area contributed by atoms with E-state index in [4.69, 9.17) is 9.47 Å². The SMILES string of the molecule is COc1ccc(N=C2C=C[NH+]=C3C2C(=O)N(C)C(=O)N3C)c(OC)c1. The van der Waals surface area contributed by atoms with E-state index >= 15 is 0 Å². The maximum atomic E-state index is 12.6. The van der Waals surface area contributed by atoms with Crippen LogP contribution in [0, 0.1) is 5.92 Å². The van der Waals surface area contributed by atoms with Gasteiger partial charge in [0.15, 0.2) is 5.92 Å². The molecule has 0 spiro atoms. The van der Waals surface area contributed by atoms with Gasteiger partial charge in [-0.1, -0.05) is 0 Å². The number of hydrogen-bond donors (Lipinski definition) is 1. The van der Waals surface area contributed by atoms with Crippen LogP contribution < -0.4 is 14.5 Å². The molecule has 3 rings (SSSR count). The summed E-state index contributed by atoms with van der Waals surface area (Å²) in [6.07, 6.45) is 3.37. The van der Waals surface area contributed by atoms with Crippen LogP contribution in [0.5, 0.6) is 11.5 Å². The lowest BCUT2D eigenvalue weighted by Crippen LogP contribution is -2.79. The van der Waals surface area contributed by atoms with Crippen LogP contribution in [-0.2, 0) is 4.79 Å². The van der Waals surface area contributed by atoms with Gasteiger partial charge >= 0.3 is 6.03 Å². The molecule has 1 aromatic rings. The Morgan fingerprint density at radius 1 is 1.12 bits per heavy atom. The average Bonchev–Trinajstić information content (AvgIpc) is 2.64. The number of carbonyl (C=O) groups is 2. The third-order valence-corrected chi connectivity index (χ3v) is 4.20. The van der Waals surface area contributed by atoms with E-state index in [1.54, 1.807) is 51.7 Å². The summed E-state index contributed by atoms with van der Waals surface area (Å²) in [6.45, 7) is 0. The number of imide groups is 1. The van der Waals surface area contributed by atoms with Gasteiger partial charge in [-0.25, -0.2) is 19.7 Å². The number of aliphatic imine (C=N–C) groups is 1. The van der Waals surface area contributed by atoms with Crippen molar-refractivity contribution in [1.82, 2.24) is 9.80 Å². The number of nitrogens with one attached hydrogen (secondary N) is 1. The molecule has 1 N–H and O–H groups in total. The second-order valence-electron chi connectivity index (χ2n) is 5.61. The van der Waals surface area contributed by atoms with Crippen molar-refractivity contribution in [2.75, 3.05) is 28.3 Å². The van der Waals surface area contributed by atoms with Crippen molar-refractivity contribution in [3.05, 3.63) is 30.5 Å². The Bertz CT molecular complexity index is 828. The maximum absolute atomic E-state index is 12.6. The molecule has 2 aliphatic rings. The van der Waals surface area contributed by atoms with Gasteiger partial charge in [-0.3, -0.25) is 4.79 Å². The highest BCUT2D eigenvalue weighted by atomic mass is 16.5. The van der Waals surface area contributed by atoms with Crippen LogP contribution in [0.3, 0.4) is 0 Å². The van der Waals surface area contributed by atoms with Crippen LogP contribution in [0.25, 0.3) is 0 Å². The number of fused-ring (bicyclic) bond motifs is 1. The molecule has 1 unspecified atom stereocenters. The van der Waals surface area contributed by atoms with Gasteiger partial charge in [-0.2, -0.15) is 4.90 Å². The molecule has 1 fully saturated rings. The number of amidine groups is 1. The Labute approximate surface area is 145 Å². The van der Waals surface area contributed by atoms with Crippen LogP contribution in [-0.4, -0.2) is 61.6 Å². The number of allylic oxidation sites excluding steroid dienone is 1. The van der Waals surface area contributed by atoms with Gasteiger partial charge in [0.25, 0.3) is 11.7 Å². The first-order valence-corrected chi connectivity index (χ1v) is 7.63. The lowest BCUT2D eigenvalue weighted by atomic mass is 9.95. The summed E-state index contributed by atoms with van der Waals surface area (Å²) in [5.41, 5.74) is 1.09. The Kier molecular flexibility index (Phi) is 4.26. The molecule has 0 radical (unpaired) electrons. The average molecular weight is 343 g/mol. The second kappa shape index (κ2) is 6.39. The molecule has 3 amide bonds. The number of methoxy groups -OCH3 is 2. The summed E-state index contributed by atoms with van der Waals surface area (Å²) >= 11 is 0. The van der Waals surface area contributed by atoms with Crippen molar-refractivity contribution in [1.29, 1.82) is 0 Å². The summed E-state index contributed by atoms with van der Waals surface area (Å²) in [4.78, 5) is 34.8. The molecule has 1 saturated heterocycles. The minimum atomic E-state index is -0.676. The summed E-state index contributed by atoms with van der Waals surface area (Å²) in [5.74, 6) is 0.654. The number of hydrogen-bond acceptors (Lipinski definition) is 5. The minimum absolute atomic E-state index is 0.332. The van der Waals surface area contributed by atoms with E-state index in [-0.39, 0.29) is 11.9 Å². The van der Waals surface area contributed by atoms with Gasteiger partial charge in [0.1, 0.15) is 17.2 Å². The van der Waals surface area contributed by atoms with Crippen molar-refractivity contribution in [2.45, 2.75) is 0 Å². The maximum Gasteiger partial charge on any atom is 0.417 e. The van der Waals surface area contributed by atoms with E-state index in [0.29, 0.717) is 28.7 Å². The number of nitrogens with zero attached hydrogens (tertiary/aromatic N) is 3. The Hall–Kier alpha value is -3.16. The zero-order chi connectivity index (χ0) is 18.1. The van der Waals surface area contributed by atoms with Crippen molar-refractivity contribution in [3.8, 4) is 11.5 Å². The van der Waals surface area contributed by atoms with E-state index in [2.05, 4.69) is 9.98 Å². The highest BCUT2D eigenvalue weighted by Gasteiger charge is 2.49. The lowest BCUT2D eigenvalue weighted by Gasteiger charge is -2.31. The van der Waals surface area contributed by atoms with E-state index in [9.17, 15) is 9.59 Å². The van der Waals surface area contributed by atoms with Gasteiger partial charge in [-0.15, -0.1) is 0 Å². The molecular formula is C17H19N4O4+. The third-order valence-electron chi connectivity index (χ3n) is 4.20. The molecule has 8 nitrogen and oxygen atoms in total. The quantitative estimate of drug-likeness (QED) is 0.832. The molecule has 0 aromatic heterocycles. The molecule has 2 aliphatic heterocycles. The fourth-order valence-electron chi connectivity index (χ4n) is 2.80. The summed E-state index contributed by atoms with van der Waals surface area (Å²) in [7, 11) is 6.19. The first-order chi connectivity index (χ1) is 12.0. The minimum Gasteiger partial charge on any atom is -0.497 e. The van der Waals surface area contributed by atoms with Gasteiger partial charge in [0.05, 0.1) is 33.2 Å². The first-order valence-electron chi connectivity index (χ1n) is 7.63. The molecule has 2 heterocycles. The van der Waals surface area contributed by atoms with E-state index in [0.717, 1.165) is 4.90 Å². The van der Waals surface area contributed by atoms with Gasteiger partial charge < -0.3 is 9.47 Å². The van der Waals surface area contributed by atoms with Gasteiger partial charge in [0.2, 0.25) is 0 Å². The zero-order valence-corrected chi connectivity index (χ0v) is 14.4. The van der Waals surface area contributed by atoms with Crippen LogP contribution >= 0.6 is 0 Å². The molecule has 0 saturated carbocycles.